The van der Waals surface area contributed by atoms with E-state index in [0.29, 0.717) is 17.4 Å². The highest BCUT2D eigenvalue weighted by Gasteiger charge is 2.10. The van der Waals surface area contributed by atoms with Crippen molar-refractivity contribution in [1.29, 1.82) is 0 Å². The van der Waals surface area contributed by atoms with Gasteiger partial charge in [0.2, 0.25) is 5.91 Å². The molecular formula is C16H17N5O2S. The Morgan fingerprint density at radius 1 is 1.33 bits per heavy atom. The summed E-state index contributed by atoms with van der Waals surface area (Å²) in [6.45, 7) is 4.27. The number of hydrogen-bond acceptors (Lipinski definition) is 4. The van der Waals surface area contributed by atoms with Gasteiger partial charge in [-0.3, -0.25) is 19.7 Å². The maximum Gasteiger partial charge on any atom is 0.281 e. The molecule has 1 amide bonds. The van der Waals surface area contributed by atoms with E-state index in [-0.39, 0.29) is 22.7 Å². The van der Waals surface area contributed by atoms with Gasteiger partial charge in [0.15, 0.2) is 4.77 Å². The van der Waals surface area contributed by atoms with Crippen molar-refractivity contribution in [2.24, 2.45) is 0 Å². The van der Waals surface area contributed by atoms with E-state index in [1.54, 1.807) is 22.9 Å². The van der Waals surface area contributed by atoms with Crippen LogP contribution in [0.5, 0.6) is 0 Å². The third-order valence-electron chi connectivity index (χ3n) is 3.70. The lowest BCUT2D eigenvalue weighted by molar-refractivity contribution is -0.117. The van der Waals surface area contributed by atoms with Crippen LogP contribution in [0.15, 0.2) is 35.1 Å². The van der Waals surface area contributed by atoms with Crippen molar-refractivity contribution in [3.05, 3.63) is 56.8 Å². The lowest BCUT2D eigenvalue weighted by Crippen LogP contribution is -2.34. The molecule has 0 spiro atoms. The molecule has 2 N–H and O–H groups in total. The predicted octanol–water partition coefficient (Wildman–Crippen LogP) is 2.03. The number of fused-ring (bicyclic) bond motifs is 1. The average Bonchev–Trinajstić information content (AvgIpc) is 2.87. The van der Waals surface area contributed by atoms with Crippen LogP contribution in [0.2, 0.25) is 0 Å². The van der Waals surface area contributed by atoms with Gasteiger partial charge in [-0.1, -0.05) is 12.1 Å². The summed E-state index contributed by atoms with van der Waals surface area (Å²) in [6, 6.07) is 8.96. The second kappa shape index (κ2) is 6.40. The summed E-state index contributed by atoms with van der Waals surface area (Å²) in [5.41, 5.74) is 4.73. The molecule has 3 aromatic rings. The Labute approximate surface area is 142 Å². The van der Waals surface area contributed by atoms with E-state index in [9.17, 15) is 9.59 Å². The Morgan fingerprint density at radius 2 is 2.08 bits per heavy atom. The number of aromatic nitrogens is 4. The zero-order valence-electron chi connectivity index (χ0n) is 13.4. The van der Waals surface area contributed by atoms with Gasteiger partial charge >= 0.3 is 0 Å². The summed E-state index contributed by atoms with van der Waals surface area (Å²) in [5, 5.41) is 4.77. The Kier molecular flexibility index (Phi) is 4.30. The molecule has 0 atom stereocenters. The number of amides is 1. The summed E-state index contributed by atoms with van der Waals surface area (Å²) in [4.78, 5) is 27.6. The van der Waals surface area contributed by atoms with Crippen molar-refractivity contribution in [1.82, 2.24) is 19.4 Å². The van der Waals surface area contributed by atoms with Crippen LogP contribution in [0.4, 0.5) is 0 Å². The van der Waals surface area contributed by atoms with Crippen LogP contribution in [0.25, 0.3) is 10.9 Å². The highest BCUT2D eigenvalue weighted by molar-refractivity contribution is 7.71. The number of hydrogen-bond donors (Lipinski definition) is 2. The van der Waals surface area contributed by atoms with Crippen LogP contribution in [-0.4, -0.2) is 25.3 Å². The number of carbonyl (C=O) groups is 1. The minimum Gasteiger partial charge on any atom is -0.330 e. The number of aromatic amines is 1. The highest BCUT2D eigenvalue weighted by atomic mass is 32.1. The molecule has 0 aliphatic heterocycles. The number of H-pyrrole nitrogens is 1. The van der Waals surface area contributed by atoms with E-state index in [1.165, 1.54) is 0 Å². The molecule has 0 unspecified atom stereocenters. The molecule has 0 fully saturated rings. The zero-order valence-corrected chi connectivity index (χ0v) is 14.2. The maximum atomic E-state index is 12.5. The van der Waals surface area contributed by atoms with E-state index in [0.717, 1.165) is 16.1 Å². The van der Waals surface area contributed by atoms with Gasteiger partial charge in [0.1, 0.15) is 0 Å². The largest absolute Gasteiger partial charge is 0.330 e. The predicted molar refractivity (Wildman–Crippen MR) is 94.1 cm³/mol. The molecule has 1 aromatic carbocycles. The van der Waals surface area contributed by atoms with Crippen molar-refractivity contribution >= 4 is 29.0 Å². The monoisotopic (exact) mass is 343 g/mol. The second-order valence-corrected chi connectivity index (χ2v) is 5.94. The topological polar surface area (TPSA) is 84.7 Å². The lowest BCUT2D eigenvalue weighted by Gasteiger charge is -2.10. The second-order valence-electron chi connectivity index (χ2n) is 5.55. The van der Waals surface area contributed by atoms with Crippen LogP contribution >= 0.6 is 12.2 Å². The van der Waals surface area contributed by atoms with Crippen LogP contribution in [0.1, 0.15) is 17.8 Å². The molecule has 0 aliphatic rings. The SMILES string of the molecule is Cc1cc(C)n(CCC(=O)Nn2c(=S)[nH]c3ccccc3c2=O)n1. The normalized spacial score (nSPS) is 10.9. The first-order valence-electron chi connectivity index (χ1n) is 7.50. The quantitative estimate of drug-likeness (QED) is 0.710. The van der Waals surface area contributed by atoms with Gasteiger partial charge in [0, 0.05) is 12.1 Å². The van der Waals surface area contributed by atoms with E-state index in [1.807, 2.05) is 26.0 Å². The molecule has 0 saturated carbocycles. The zero-order chi connectivity index (χ0) is 17.3. The van der Waals surface area contributed by atoms with Gasteiger partial charge in [0.05, 0.1) is 23.1 Å². The molecule has 8 heteroatoms. The van der Waals surface area contributed by atoms with Crippen LogP contribution in [-0.2, 0) is 11.3 Å². The third-order valence-corrected chi connectivity index (χ3v) is 3.98. The minimum atomic E-state index is -0.353. The first kappa shape index (κ1) is 16.1. The average molecular weight is 343 g/mol. The number of nitrogens with one attached hydrogen (secondary N) is 2. The smallest absolute Gasteiger partial charge is 0.281 e. The van der Waals surface area contributed by atoms with Crippen LogP contribution in [0.3, 0.4) is 0 Å². The fourth-order valence-corrected chi connectivity index (χ4v) is 2.79. The molecule has 0 bridgehead atoms. The maximum absolute atomic E-state index is 12.5. The molecular weight excluding hydrogens is 326 g/mol. The summed E-state index contributed by atoms with van der Waals surface area (Å²) < 4.78 is 2.98. The fraction of sp³-hybridized carbons (Fsp3) is 0.250. The van der Waals surface area contributed by atoms with Gasteiger partial charge in [-0.25, -0.2) is 0 Å². The van der Waals surface area contributed by atoms with E-state index < -0.39 is 0 Å². The minimum absolute atomic E-state index is 0.151. The van der Waals surface area contributed by atoms with Crippen molar-refractivity contribution in [2.45, 2.75) is 26.8 Å². The van der Waals surface area contributed by atoms with E-state index in [2.05, 4.69) is 15.5 Å². The van der Waals surface area contributed by atoms with Crippen molar-refractivity contribution < 1.29 is 4.79 Å². The Hall–Kier alpha value is -2.74. The molecule has 0 radical (unpaired) electrons. The number of carbonyl (C=O) groups excluding carboxylic acids is 1. The van der Waals surface area contributed by atoms with Gasteiger partial charge in [0.25, 0.3) is 5.56 Å². The Balaban J connectivity index is 1.79. The Bertz CT molecular complexity index is 1030. The van der Waals surface area contributed by atoms with E-state index >= 15 is 0 Å². The van der Waals surface area contributed by atoms with Crippen molar-refractivity contribution in [3.8, 4) is 0 Å². The van der Waals surface area contributed by atoms with Crippen LogP contribution < -0.4 is 11.0 Å². The molecule has 124 valence electrons. The molecule has 0 aliphatic carbocycles. The van der Waals surface area contributed by atoms with Crippen molar-refractivity contribution in [2.75, 3.05) is 5.43 Å². The standard InChI is InChI=1S/C16H17N5O2S/c1-10-9-11(2)20(18-10)8-7-14(22)19-21-15(23)12-5-3-4-6-13(12)17-16(21)24/h3-6,9H,7-8H2,1-2H3,(H,17,24)(H,19,22). The third kappa shape index (κ3) is 3.13. The molecule has 2 aromatic heterocycles. The number of para-hydroxylation sites is 1. The van der Waals surface area contributed by atoms with Gasteiger partial charge in [-0.05, 0) is 44.3 Å². The number of aryl methyl sites for hydroxylation is 3. The Morgan fingerprint density at radius 3 is 2.79 bits per heavy atom. The summed E-state index contributed by atoms with van der Waals surface area (Å²) >= 11 is 5.16. The summed E-state index contributed by atoms with van der Waals surface area (Å²) in [6.07, 6.45) is 0.190. The molecule has 0 saturated heterocycles. The van der Waals surface area contributed by atoms with Crippen LogP contribution in [0, 0.1) is 18.6 Å². The molecule has 3 rings (SSSR count). The number of rotatable bonds is 4. The summed E-state index contributed by atoms with van der Waals surface area (Å²) in [7, 11) is 0. The fourth-order valence-electron chi connectivity index (χ4n) is 2.55. The van der Waals surface area contributed by atoms with Gasteiger partial charge < -0.3 is 4.98 Å². The summed E-state index contributed by atoms with van der Waals surface area (Å²) in [5.74, 6) is -0.306. The number of nitrogens with zero attached hydrogens (tertiary/aromatic N) is 3. The first-order chi connectivity index (χ1) is 11.5. The van der Waals surface area contributed by atoms with E-state index in [4.69, 9.17) is 12.2 Å². The lowest BCUT2D eigenvalue weighted by atomic mass is 10.2. The van der Waals surface area contributed by atoms with Gasteiger partial charge in [-0.15, -0.1) is 0 Å². The highest BCUT2D eigenvalue weighted by Crippen LogP contribution is 2.06. The molecule has 2 heterocycles. The first-order valence-corrected chi connectivity index (χ1v) is 7.91. The number of benzene rings is 1. The molecule has 7 nitrogen and oxygen atoms in total. The molecule has 24 heavy (non-hydrogen) atoms. The van der Waals surface area contributed by atoms with Crippen molar-refractivity contribution in [3.63, 3.8) is 0 Å². The van der Waals surface area contributed by atoms with Gasteiger partial charge in [-0.2, -0.15) is 9.77 Å².